The van der Waals surface area contributed by atoms with Gasteiger partial charge in [0.05, 0.1) is 0 Å². The zero-order valence-corrected chi connectivity index (χ0v) is 12.6. The van der Waals surface area contributed by atoms with Crippen molar-refractivity contribution in [2.75, 3.05) is 19.6 Å². The van der Waals surface area contributed by atoms with Crippen LogP contribution in [0.2, 0.25) is 0 Å². The number of aryl methyl sites for hydroxylation is 1. The lowest BCUT2D eigenvalue weighted by Crippen LogP contribution is -2.42. The monoisotopic (exact) mass is 266 g/mol. The zero-order valence-electron chi connectivity index (χ0n) is 11.7. The SMILES string of the molecule is CCC1CCCCN1CCNCc1ccc(C)s1. The Labute approximate surface area is 115 Å². The van der Waals surface area contributed by atoms with Crippen molar-refractivity contribution in [3.63, 3.8) is 0 Å². The number of piperidine rings is 1. The van der Waals surface area contributed by atoms with E-state index in [0.29, 0.717) is 0 Å². The fourth-order valence-corrected chi connectivity index (χ4v) is 3.69. The number of hydrogen-bond acceptors (Lipinski definition) is 3. The van der Waals surface area contributed by atoms with E-state index in [1.54, 1.807) is 0 Å². The quantitative estimate of drug-likeness (QED) is 0.794. The van der Waals surface area contributed by atoms with E-state index >= 15 is 0 Å². The maximum atomic E-state index is 3.58. The summed E-state index contributed by atoms with van der Waals surface area (Å²) in [6.07, 6.45) is 5.53. The number of likely N-dealkylation sites (tertiary alicyclic amines) is 1. The maximum Gasteiger partial charge on any atom is 0.0300 e. The molecule has 18 heavy (non-hydrogen) atoms. The second kappa shape index (κ2) is 7.27. The highest BCUT2D eigenvalue weighted by Crippen LogP contribution is 2.18. The number of thiophene rings is 1. The molecule has 0 amide bonds. The van der Waals surface area contributed by atoms with Crippen LogP contribution >= 0.6 is 11.3 Å². The van der Waals surface area contributed by atoms with E-state index in [9.17, 15) is 0 Å². The summed E-state index contributed by atoms with van der Waals surface area (Å²) in [6, 6.07) is 5.28. The molecule has 1 aromatic heterocycles. The molecule has 1 N–H and O–H groups in total. The van der Waals surface area contributed by atoms with Gasteiger partial charge in [0.2, 0.25) is 0 Å². The van der Waals surface area contributed by atoms with Crippen molar-refractivity contribution < 1.29 is 0 Å². The summed E-state index contributed by atoms with van der Waals surface area (Å²) in [5.41, 5.74) is 0. The largest absolute Gasteiger partial charge is 0.311 e. The van der Waals surface area contributed by atoms with Gasteiger partial charge in [0.15, 0.2) is 0 Å². The van der Waals surface area contributed by atoms with Crippen LogP contribution in [0.3, 0.4) is 0 Å². The summed E-state index contributed by atoms with van der Waals surface area (Å²) in [7, 11) is 0. The maximum absolute atomic E-state index is 3.58. The van der Waals surface area contributed by atoms with Crippen molar-refractivity contribution >= 4 is 11.3 Å². The molecule has 1 unspecified atom stereocenters. The summed E-state index contributed by atoms with van der Waals surface area (Å²) >= 11 is 1.90. The number of rotatable bonds is 6. The fourth-order valence-electron chi connectivity index (χ4n) is 2.83. The second-order valence-electron chi connectivity index (χ2n) is 5.28. The number of hydrogen-bond donors (Lipinski definition) is 1. The van der Waals surface area contributed by atoms with Crippen molar-refractivity contribution in [2.45, 2.75) is 52.1 Å². The Bertz CT molecular complexity index is 348. The predicted molar refractivity (Wildman–Crippen MR) is 80.3 cm³/mol. The van der Waals surface area contributed by atoms with Gasteiger partial charge in [-0.1, -0.05) is 13.3 Å². The highest BCUT2D eigenvalue weighted by molar-refractivity contribution is 7.11. The molecule has 0 saturated carbocycles. The lowest BCUT2D eigenvalue weighted by atomic mass is 10.0. The van der Waals surface area contributed by atoms with Crippen LogP contribution in [-0.4, -0.2) is 30.6 Å². The van der Waals surface area contributed by atoms with Gasteiger partial charge in [0, 0.05) is 35.4 Å². The van der Waals surface area contributed by atoms with Crippen LogP contribution in [0.15, 0.2) is 12.1 Å². The third-order valence-electron chi connectivity index (χ3n) is 3.89. The Hall–Kier alpha value is -0.380. The highest BCUT2D eigenvalue weighted by Gasteiger charge is 2.19. The molecule has 1 aromatic rings. The lowest BCUT2D eigenvalue weighted by molar-refractivity contribution is 0.145. The molecule has 0 aromatic carbocycles. The smallest absolute Gasteiger partial charge is 0.0300 e. The van der Waals surface area contributed by atoms with E-state index in [-0.39, 0.29) is 0 Å². The number of nitrogens with one attached hydrogen (secondary N) is 1. The molecule has 1 saturated heterocycles. The minimum absolute atomic E-state index is 0.838. The van der Waals surface area contributed by atoms with E-state index in [0.717, 1.165) is 19.1 Å². The molecule has 1 aliphatic heterocycles. The van der Waals surface area contributed by atoms with Crippen LogP contribution in [0.5, 0.6) is 0 Å². The molecule has 2 heterocycles. The van der Waals surface area contributed by atoms with Crippen molar-refractivity contribution in [2.24, 2.45) is 0 Å². The molecule has 0 spiro atoms. The summed E-state index contributed by atoms with van der Waals surface area (Å²) in [6.45, 7) is 9.16. The normalized spacial score (nSPS) is 21.3. The molecule has 0 radical (unpaired) electrons. The van der Waals surface area contributed by atoms with Gasteiger partial charge in [0.1, 0.15) is 0 Å². The molecular weight excluding hydrogens is 240 g/mol. The molecule has 102 valence electrons. The van der Waals surface area contributed by atoms with E-state index < -0.39 is 0 Å². The van der Waals surface area contributed by atoms with Crippen LogP contribution in [0, 0.1) is 6.92 Å². The molecule has 2 nitrogen and oxygen atoms in total. The summed E-state index contributed by atoms with van der Waals surface area (Å²) in [4.78, 5) is 5.54. The highest BCUT2D eigenvalue weighted by atomic mass is 32.1. The molecule has 1 aliphatic rings. The van der Waals surface area contributed by atoms with E-state index in [1.807, 2.05) is 11.3 Å². The Balaban J connectivity index is 1.65. The topological polar surface area (TPSA) is 15.3 Å². The van der Waals surface area contributed by atoms with E-state index in [1.165, 1.54) is 48.5 Å². The van der Waals surface area contributed by atoms with E-state index in [4.69, 9.17) is 0 Å². The molecule has 0 aliphatic carbocycles. The average Bonchev–Trinajstić information content (AvgIpc) is 2.81. The predicted octanol–water partition coefficient (Wildman–Crippen LogP) is 3.41. The summed E-state index contributed by atoms with van der Waals surface area (Å²) in [5, 5.41) is 3.58. The van der Waals surface area contributed by atoms with Gasteiger partial charge in [0.25, 0.3) is 0 Å². The number of nitrogens with zero attached hydrogens (tertiary/aromatic N) is 1. The van der Waals surface area contributed by atoms with Crippen LogP contribution in [0.4, 0.5) is 0 Å². The van der Waals surface area contributed by atoms with Crippen LogP contribution in [0.25, 0.3) is 0 Å². The van der Waals surface area contributed by atoms with Gasteiger partial charge in [-0.2, -0.15) is 0 Å². The summed E-state index contributed by atoms with van der Waals surface area (Å²) in [5.74, 6) is 0. The molecule has 2 rings (SSSR count). The van der Waals surface area contributed by atoms with E-state index in [2.05, 4.69) is 36.2 Å². The molecule has 1 fully saturated rings. The van der Waals surface area contributed by atoms with Crippen molar-refractivity contribution in [1.82, 2.24) is 10.2 Å². The van der Waals surface area contributed by atoms with Gasteiger partial charge in [-0.3, -0.25) is 4.90 Å². The Morgan fingerprint density at radius 2 is 2.28 bits per heavy atom. The third kappa shape index (κ3) is 4.08. The van der Waals surface area contributed by atoms with Crippen LogP contribution in [-0.2, 0) is 6.54 Å². The van der Waals surface area contributed by atoms with Gasteiger partial charge in [-0.15, -0.1) is 11.3 Å². The van der Waals surface area contributed by atoms with Crippen LogP contribution < -0.4 is 5.32 Å². The first-order valence-corrected chi connectivity index (χ1v) is 8.11. The van der Waals surface area contributed by atoms with Crippen molar-refractivity contribution in [3.05, 3.63) is 21.9 Å². The Kier molecular flexibility index (Phi) is 5.67. The van der Waals surface area contributed by atoms with Gasteiger partial charge in [-0.25, -0.2) is 0 Å². The van der Waals surface area contributed by atoms with Gasteiger partial charge >= 0.3 is 0 Å². The second-order valence-corrected chi connectivity index (χ2v) is 6.66. The molecule has 1 atom stereocenters. The van der Waals surface area contributed by atoms with Gasteiger partial charge < -0.3 is 5.32 Å². The Morgan fingerprint density at radius 1 is 1.39 bits per heavy atom. The first-order valence-electron chi connectivity index (χ1n) is 7.29. The molecule has 0 bridgehead atoms. The first kappa shape index (κ1) is 14.0. The lowest BCUT2D eigenvalue weighted by Gasteiger charge is -2.35. The Morgan fingerprint density at radius 3 is 3.00 bits per heavy atom. The standard InChI is InChI=1S/C15H26N2S/c1-3-14-6-4-5-10-17(14)11-9-16-12-15-8-7-13(2)18-15/h7-8,14,16H,3-6,9-12H2,1-2H3. The molecular formula is C15H26N2S. The first-order chi connectivity index (χ1) is 8.79. The van der Waals surface area contributed by atoms with Crippen LogP contribution in [0.1, 0.15) is 42.4 Å². The van der Waals surface area contributed by atoms with Gasteiger partial charge in [-0.05, 0) is 44.9 Å². The third-order valence-corrected chi connectivity index (χ3v) is 4.89. The van der Waals surface area contributed by atoms with Crippen molar-refractivity contribution in [1.29, 1.82) is 0 Å². The molecule has 3 heteroatoms. The zero-order chi connectivity index (χ0) is 12.8. The minimum Gasteiger partial charge on any atom is -0.311 e. The summed E-state index contributed by atoms with van der Waals surface area (Å²) < 4.78 is 0. The minimum atomic E-state index is 0.838. The average molecular weight is 266 g/mol. The van der Waals surface area contributed by atoms with Crippen molar-refractivity contribution in [3.8, 4) is 0 Å². The fraction of sp³-hybridized carbons (Fsp3) is 0.733.